The van der Waals surface area contributed by atoms with Gasteiger partial charge in [-0.3, -0.25) is 9.36 Å². The molecule has 4 nitrogen and oxygen atoms in total. The number of unbranched alkanes of at least 4 members (excludes halogenated alkanes) is 1. The predicted molar refractivity (Wildman–Crippen MR) is 97.6 cm³/mol. The van der Waals surface area contributed by atoms with Crippen molar-refractivity contribution in [3.05, 3.63) is 64.4 Å². The molecule has 0 radical (unpaired) electrons. The Kier molecular flexibility index (Phi) is 3.73. The minimum Gasteiger partial charge on any atom is -0.331 e. The molecule has 24 heavy (non-hydrogen) atoms. The molecule has 1 atom stereocenters. The number of fused-ring (bicyclic) bond motifs is 2. The maximum Gasteiger partial charge on any atom is 0.256 e. The SMILES string of the molecule is CCCCN1C(=O)c2ccccc2C1n1c(=S)[nH]c2ccccc21. The molecule has 0 spiro atoms. The molecular formula is C19H19N3OS. The van der Waals surface area contributed by atoms with Crippen LogP contribution in [0.4, 0.5) is 0 Å². The van der Waals surface area contributed by atoms with Crippen molar-refractivity contribution in [3.63, 3.8) is 0 Å². The quantitative estimate of drug-likeness (QED) is 0.712. The topological polar surface area (TPSA) is 41.0 Å². The van der Waals surface area contributed by atoms with Gasteiger partial charge in [-0.15, -0.1) is 0 Å². The van der Waals surface area contributed by atoms with Gasteiger partial charge in [-0.25, -0.2) is 0 Å². The van der Waals surface area contributed by atoms with Gasteiger partial charge in [0.15, 0.2) is 4.77 Å². The van der Waals surface area contributed by atoms with Gasteiger partial charge in [-0.2, -0.15) is 0 Å². The highest BCUT2D eigenvalue weighted by molar-refractivity contribution is 7.71. The van der Waals surface area contributed by atoms with Crippen LogP contribution in [0.2, 0.25) is 0 Å². The van der Waals surface area contributed by atoms with Crippen molar-refractivity contribution >= 4 is 29.2 Å². The van der Waals surface area contributed by atoms with Crippen molar-refractivity contribution in [2.45, 2.75) is 25.9 Å². The fraction of sp³-hybridized carbons (Fsp3) is 0.263. The number of nitrogens with one attached hydrogen (secondary N) is 1. The Morgan fingerprint density at radius 1 is 1.12 bits per heavy atom. The van der Waals surface area contributed by atoms with Gasteiger partial charge in [0, 0.05) is 17.7 Å². The lowest BCUT2D eigenvalue weighted by Gasteiger charge is -2.27. The van der Waals surface area contributed by atoms with Gasteiger partial charge in [-0.1, -0.05) is 43.7 Å². The lowest BCUT2D eigenvalue weighted by Crippen LogP contribution is -2.33. The van der Waals surface area contributed by atoms with Crippen LogP contribution in [0.25, 0.3) is 11.0 Å². The number of aromatic nitrogens is 2. The van der Waals surface area contributed by atoms with Crippen LogP contribution in [0.1, 0.15) is 41.9 Å². The van der Waals surface area contributed by atoms with E-state index in [2.05, 4.69) is 16.5 Å². The summed E-state index contributed by atoms with van der Waals surface area (Å²) in [5, 5.41) is 0. The Balaban J connectivity index is 1.94. The average molecular weight is 337 g/mol. The van der Waals surface area contributed by atoms with Crippen LogP contribution in [0.5, 0.6) is 0 Å². The minimum atomic E-state index is -0.177. The number of benzene rings is 2. The molecule has 0 fully saturated rings. The van der Waals surface area contributed by atoms with E-state index in [9.17, 15) is 4.79 Å². The summed E-state index contributed by atoms with van der Waals surface area (Å²) in [4.78, 5) is 18.1. The van der Waals surface area contributed by atoms with E-state index >= 15 is 0 Å². The number of para-hydroxylation sites is 2. The van der Waals surface area contributed by atoms with Gasteiger partial charge in [-0.05, 0) is 36.8 Å². The van der Waals surface area contributed by atoms with E-state index in [1.807, 2.05) is 53.4 Å². The molecule has 0 bridgehead atoms. The maximum atomic E-state index is 12.9. The first-order valence-electron chi connectivity index (χ1n) is 8.31. The number of H-pyrrole nitrogens is 1. The molecule has 0 aliphatic carbocycles. The van der Waals surface area contributed by atoms with Crippen LogP contribution < -0.4 is 0 Å². The summed E-state index contributed by atoms with van der Waals surface area (Å²) in [5.41, 5.74) is 3.83. The number of carbonyl (C=O) groups is 1. The second kappa shape index (κ2) is 5.91. The molecule has 1 unspecified atom stereocenters. The molecule has 5 heteroatoms. The van der Waals surface area contributed by atoms with Crippen molar-refractivity contribution in [1.29, 1.82) is 0 Å². The number of hydrogen-bond donors (Lipinski definition) is 1. The van der Waals surface area contributed by atoms with E-state index in [4.69, 9.17) is 12.2 Å². The molecule has 2 heterocycles. The Hall–Kier alpha value is -2.40. The predicted octanol–water partition coefficient (Wildman–Crippen LogP) is 4.50. The molecule has 0 saturated carbocycles. The summed E-state index contributed by atoms with van der Waals surface area (Å²) in [7, 11) is 0. The summed E-state index contributed by atoms with van der Waals surface area (Å²) in [6.07, 6.45) is 1.85. The fourth-order valence-electron chi connectivity index (χ4n) is 3.50. The van der Waals surface area contributed by atoms with Crippen molar-refractivity contribution < 1.29 is 4.79 Å². The van der Waals surface area contributed by atoms with Gasteiger partial charge in [0.05, 0.1) is 11.0 Å². The number of rotatable bonds is 4. The molecule has 2 aromatic carbocycles. The third kappa shape index (κ3) is 2.19. The molecule has 122 valence electrons. The standard InChI is InChI=1S/C19H19N3OS/c1-2-3-12-21-17(13-8-4-5-9-14(13)18(21)23)22-16-11-7-6-10-15(16)20-19(22)24/h4-11,17H,2-3,12H2,1H3,(H,20,24). The van der Waals surface area contributed by atoms with Crippen LogP contribution >= 0.6 is 12.2 Å². The monoisotopic (exact) mass is 337 g/mol. The second-order valence-corrected chi connectivity index (χ2v) is 6.52. The number of nitrogens with zero attached hydrogens (tertiary/aromatic N) is 2. The zero-order valence-electron chi connectivity index (χ0n) is 13.5. The Bertz CT molecular complexity index is 972. The van der Waals surface area contributed by atoms with Crippen LogP contribution in [0.15, 0.2) is 48.5 Å². The van der Waals surface area contributed by atoms with Gasteiger partial charge in [0.2, 0.25) is 0 Å². The molecule has 1 N–H and O–H groups in total. The molecule has 1 aliphatic heterocycles. The lowest BCUT2D eigenvalue weighted by molar-refractivity contribution is 0.0700. The highest BCUT2D eigenvalue weighted by Gasteiger charge is 2.38. The van der Waals surface area contributed by atoms with E-state index in [0.29, 0.717) is 4.77 Å². The first kappa shape index (κ1) is 15.1. The number of carbonyl (C=O) groups excluding carboxylic acids is 1. The lowest BCUT2D eigenvalue weighted by atomic mass is 10.1. The highest BCUT2D eigenvalue weighted by atomic mass is 32.1. The molecule has 4 rings (SSSR count). The van der Waals surface area contributed by atoms with Gasteiger partial charge >= 0.3 is 0 Å². The second-order valence-electron chi connectivity index (χ2n) is 6.13. The zero-order chi connectivity index (χ0) is 16.7. The van der Waals surface area contributed by atoms with Crippen LogP contribution in [-0.2, 0) is 0 Å². The third-order valence-corrected chi connectivity index (χ3v) is 4.95. The molecule has 3 aromatic rings. The van der Waals surface area contributed by atoms with E-state index < -0.39 is 0 Å². The highest BCUT2D eigenvalue weighted by Crippen LogP contribution is 2.37. The van der Waals surface area contributed by atoms with E-state index in [1.54, 1.807) is 0 Å². The summed E-state index contributed by atoms with van der Waals surface area (Å²) < 4.78 is 2.72. The first-order chi connectivity index (χ1) is 11.7. The average Bonchev–Trinajstić information content (AvgIpc) is 3.07. The number of amides is 1. The molecule has 0 saturated heterocycles. The van der Waals surface area contributed by atoms with Crippen LogP contribution in [-0.4, -0.2) is 26.9 Å². The van der Waals surface area contributed by atoms with Gasteiger partial charge < -0.3 is 9.88 Å². The van der Waals surface area contributed by atoms with Crippen molar-refractivity contribution in [2.24, 2.45) is 0 Å². The van der Waals surface area contributed by atoms with E-state index in [0.717, 1.165) is 41.5 Å². The Morgan fingerprint density at radius 3 is 2.71 bits per heavy atom. The Morgan fingerprint density at radius 2 is 1.88 bits per heavy atom. The smallest absolute Gasteiger partial charge is 0.256 e. The zero-order valence-corrected chi connectivity index (χ0v) is 14.3. The van der Waals surface area contributed by atoms with Crippen molar-refractivity contribution in [3.8, 4) is 0 Å². The first-order valence-corrected chi connectivity index (χ1v) is 8.72. The van der Waals surface area contributed by atoms with Crippen molar-refractivity contribution in [2.75, 3.05) is 6.54 Å². The third-order valence-electron chi connectivity index (χ3n) is 4.65. The molecule has 1 amide bonds. The number of imidazole rings is 1. The van der Waals surface area contributed by atoms with E-state index in [1.165, 1.54) is 0 Å². The summed E-state index contributed by atoms with van der Waals surface area (Å²) in [6, 6.07) is 15.9. The van der Waals surface area contributed by atoms with E-state index in [-0.39, 0.29) is 12.1 Å². The number of aromatic amines is 1. The summed E-state index contributed by atoms with van der Waals surface area (Å²) >= 11 is 5.59. The Labute approximate surface area is 145 Å². The molecule has 1 aliphatic rings. The van der Waals surface area contributed by atoms with Crippen LogP contribution in [0.3, 0.4) is 0 Å². The largest absolute Gasteiger partial charge is 0.331 e. The number of hydrogen-bond acceptors (Lipinski definition) is 2. The van der Waals surface area contributed by atoms with Crippen molar-refractivity contribution in [1.82, 2.24) is 14.5 Å². The normalized spacial score (nSPS) is 16.8. The van der Waals surface area contributed by atoms with Gasteiger partial charge in [0.25, 0.3) is 5.91 Å². The molecular weight excluding hydrogens is 318 g/mol. The fourth-order valence-corrected chi connectivity index (χ4v) is 3.81. The summed E-state index contributed by atoms with van der Waals surface area (Å²) in [5.74, 6) is 0.0937. The maximum absolute atomic E-state index is 12.9. The minimum absolute atomic E-state index is 0.0937. The van der Waals surface area contributed by atoms with Gasteiger partial charge in [0.1, 0.15) is 6.17 Å². The summed E-state index contributed by atoms with van der Waals surface area (Å²) in [6.45, 7) is 2.87. The van der Waals surface area contributed by atoms with Crippen LogP contribution in [0, 0.1) is 4.77 Å². The molecule has 1 aromatic heterocycles.